The average molecular weight is 245 g/mol. The van der Waals surface area contributed by atoms with Crippen LogP contribution in [-0.2, 0) is 0 Å². The predicted octanol–water partition coefficient (Wildman–Crippen LogP) is 2.51. The molecule has 2 aromatic heterocycles. The summed E-state index contributed by atoms with van der Waals surface area (Å²) in [7, 11) is 1.83. The van der Waals surface area contributed by atoms with E-state index in [0.29, 0.717) is 5.69 Å². The summed E-state index contributed by atoms with van der Waals surface area (Å²) in [6.45, 7) is 4.91. The zero-order valence-electron chi connectivity index (χ0n) is 11.2. The van der Waals surface area contributed by atoms with Gasteiger partial charge in [-0.25, -0.2) is 4.98 Å². The van der Waals surface area contributed by atoms with Gasteiger partial charge in [-0.05, 0) is 31.0 Å². The van der Waals surface area contributed by atoms with Gasteiger partial charge in [0.2, 0.25) is 0 Å². The molecule has 18 heavy (non-hydrogen) atoms. The number of hydrogen-bond donors (Lipinski definition) is 0. The van der Waals surface area contributed by atoms with Gasteiger partial charge in [-0.15, -0.1) is 0 Å². The molecule has 0 atom stereocenters. The number of aromatic nitrogens is 2. The van der Waals surface area contributed by atoms with Gasteiger partial charge in [0, 0.05) is 26.0 Å². The van der Waals surface area contributed by atoms with Crippen LogP contribution in [0.2, 0.25) is 0 Å². The van der Waals surface area contributed by atoms with Crippen molar-refractivity contribution in [2.24, 2.45) is 0 Å². The van der Waals surface area contributed by atoms with Crippen LogP contribution in [0, 0.1) is 6.92 Å². The number of hydrogen-bond acceptors (Lipinski definition) is 2. The average Bonchev–Trinajstić information content (AvgIpc) is 2.77. The fraction of sp³-hybridized carbons (Fsp3) is 0.429. The first-order valence-electron chi connectivity index (χ1n) is 6.32. The number of carbonyl (C=O) groups excluding carboxylic acids is 1. The highest BCUT2D eigenvalue weighted by Crippen LogP contribution is 2.09. The highest BCUT2D eigenvalue weighted by Gasteiger charge is 2.14. The van der Waals surface area contributed by atoms with Crippen LogP contribution in [0.3, 0.4) is 0 Å². The number of carbonyl (C=O) groups is 1. The first-order chi connectivity index (χ1) is 8.61. The van der Waals surface area contributed by atoms with E-state index in [1.54, 1.807) is 11.1 Å². The molecular weight excluding hydrogens is 226 g/mol. The van der Waals surface area contributed by atoms with E-state index in [1.165, 1.54) is 0 Å². The van der Waals surface area contributed by atoms with Gasteiger partial charge < -0.3 is 9.30 Å². The summed E-state index contributed by atoms with van der Waals surface area (Å²) in [5, 5.41) is 0. The van der Waals surface area contributed by atoms with Gasteiger partial charge in [-0.1, -0.05) is 13.3 Å². The molecule has 0 bridgehead atoms. The number of nitrogens with zero attached hydrogens (tertiary/aromatic N) is 3. The maximum Gasteiger partial charge on any atom is 0.273 e. The number of imidazole rings is 1. The monoisotopic (exact) mass is 245 g/mol. The van der Waals surface area contributed by atoms with Crippen LogP contribution in [0.15, 0.2) is 24.5 Å². The Morgan fingerprint density at radius 1 is 1.50 bits per heavy atom. The van der Waals surface area contributed by atoms with Crippen molar-refractivity contribution in [2.45, 2.75) is 26.7 Å². The zero-order valence-corrected chi connectivity index (χ0v) is 11.2. The third-order valence-corrected chi connectivity index (χ3v) is 3.03. The van der Waals surface area contributed by atoms with E-state index in [-0.39, 0.29) is 5.91 Å². The van der Waals surface area contributed by atoms with Gasteiger partial charge in [0.05, 0.1) is 0 Å². The number of rotatable bonds is 4. The second-order valence-electron chi connectivity index (χ2n) is 4.68. The molecule has 0 radical (unpaired) electrons. The number of amides is 1. The Morgan fingerprint density at radius 2 is 2.28 bits per heavy atom. The molecule has 0 N–H and O–H groups in total. The minimum atomic E-state index is -0.00944. The SMILES string of the molecule is CCCCN(C)C(=O)c1cn2ccc(C)cc2n1. The Labute approximate surface area is 107 Å². The molecule has 2 aromatic rings. The van der Waals surface area contributed by atoms with Crippen molar-refractivity contribution in [1.82, 2.24) is 14.3 Å². The minimum Gasteiger partial charge on any atom is -0.340 e. The Hall–Kier alpha value is -1.84. The predicted molar refractivity (Wildman–Crippen MR) is 71.8 cm³/mol. The molecule has 96 valence electrons. The van der Waals surface area contributed by atoms with Gasteiger partial charge >= 0.3 is 0 Å². The van der Waals surface area contributed by atoms with E-state index < -0.39 is 0 Å². The van der Waals surface area contributed by atoms with E-state index in [4.69, 9.17) is 0 Å². The molecule has 1 amide bonds. The lowest BCUT2D eigenvalue weighted by atomic mass is 10.3. The van der Waals surface area contributed by atoms with Gasteiger partial charge in [0.15, 0.2) is 0 Å². The first-order valence-corrected chi connectivity index (χ1v) is 6.32. The standard InChI is InChI=1S/C14H19N3O/c1-4-5-7-16(3)14(18)12-10-17-8-6-11(2)9-13(17)15-12/h6,8-10H,4-5,7H2,1-3H3. The molecule has 4 heteroatoms. The fourth-order valence-electron chi connectivity index (χ4n) is 1.88. The zero-order chi connectivity index (χ0) is 13.1. The van der Waals surface area contributed by atoms with Crippen molar-refractivity contribution in [3.8, 4) is 0 Å². The van der Waals surface area contributed by atoms with E-state index in [2.05, 4.69) is 11.9 Å². The number of unbranched alkanes of at least 4 members (excludes halogenated alkanes) is 1. The molecule has 0 fully saturated rings. The van der Waals surface area contributed by atoms with Crippen LogP contribution in [-0.4, -0.2) is 33.8 Å². The lowest BCUT2D eigenvalue weighted by molar-refractivity contribution is 0.0788. The van der Waals surface area contributed by atoms with Gasteiger partial charge in [0.25, 0.3) is 5.91 Å². The summed E-state index contributed by atoms with van der Waals surface area (Å²) in [5.41, 5.74) is 2.48. The lowest BCUT2D eigenvalue weighted by Crippen LogP contribution is -2.27. The Balaban J connectivity index is 2.22. The fourth-order valence-corrected chi connectivity index (χ4v) is 1.88. The normalized spacial score (nSPS) is 10.8. The third-order valence-electron chi connectivity index (χ3n) is 3.03. The molecule has 0 aliphatic carbocycles. The maximum atomic E-state index is 12.2. The largest absolute Gasteiger partial charge is 0.340 e. The summed E-state index contributed by atoms with van der Waals surface area (Å²) >= 11 is 0. The quantitative estimate of drug-likeness (QED) is 0.830. The number of aryl methyl sites for hydroxylation is 1. The van der Waals surface area contributed by atoms with Crippen molar-refractivity contribution in [2.75, 3.05) is 13.6 Å². The van der Waals surface area contributed by atoms with Gasteiger partial charge in [0.1, 0.15) is 11.3 Å². The highest BCUT2D eigenvalue weighted by molar-refractivity contribution is 5.92. The minimum absolute atomic E-state index is 0.00944. The topological polar surface area (TPSA) is 37.6 Å². The van der Waals surface area contributed by atoms with Crippen molar-refractivity contribution in [3.63, 3.8) is 0 Å². The molecular formula is C14H19N3O. The van der Waals surface area contributed by atoms with Crippen molar-refractivity contribution in [1.29, 1.82) is 0 Å². The molecule has 0 aliphatic rings. The maximum absolute atomic E-state index is 12.2. The van der Waals surface area contributed by atoms with E-state index >= 15 is 0 Å². The summed E-state index contributed by atoms with van der Waals surface area (Å²) < 4.78 is 1.88. The molecule has 0 saturated heterocycles. The van der Waals surface area contributed by atoms with Crippen LogP contribution in [0.25, 0.3) is 5.65 Å². The molecule has 0 saturated carbocycles. The Kier molecular flexibility index (Phi) is 3.65. The van der Waals surface area contributed by atoms with Crippen molar-refractivity contribution >= 4 is 11.6 Å². The van der Waals surface area contributed by atoms with Crippen LogP contribution in [0.4, 0.5) is 0 Å². The Bertz CT molecular complexity index is 559. The third kappa shape index (κ3) is 2.53. The summed E-state index contributed by atoms with van der Waals surface area (Å²) in [6.07, 6.45) is 5.83. The van der Waals surface area contributed by atoms with E-state index in [0.717, 1.165) is 30.6 Å². The van der Waals surface area contributed by atoms with Crippen molar-refractivity contribution < 1.29 is 4.79 Å². The molecule has 2 heterocycles. The smallest absolute Gasteiger partial charge is 0.273 e. The molecule has 0 unspecified atom stereocenters. The summed E-state index contributed by atoms with van der Waals surface area (Å²) in [4.78, 5) is 18.3. The number of fused-ring (bicyclic) bond motifs is 1. The molecule has 0 spiro atoms. The van der Waals surface area contributed by atoms with E-state index in [9.17, 15) is 4.79 Å². The second kappa shape index (κ2) is 5.21. The van der Waals surface area contributed by atoms with E-state index in [1.807, 2.05) is 36.7 Å². The lowest BCUT2D eigenvalue weighted by Gasteiger charge is -2.14. The molecule has 0 aliphatic heterocycles. The Morgan fingerprint density at radius 3 is 3.00 bits per heavy atom. The number of pyridine rings is 1. The van der Waals surface area contributed by atoms with Crippen LogP contribution < -0.4 is 0 Å². The van der Waals surface area contributed by atoms with Crippen molar-refractivity contribution in [3.05, 3.63) is 35.8 Å². The van der Waals surface area contributed by atoms with Gasteiger partial charge in [-0.2, -0.15) is 0 Å². The summed E-state index contributed by atoms with van der Waals surface area (Å²) in [5.74, 6) is -0.00944. The van der Waals surface area contributed by atoms with Crippen LogP contribution >= 0.6 is 0 Å². The van der Waals surface area contributed by atoms with Crippen LogP contribution in [0.1, 0.15) is 35.8 Å². The van der Waals surface area contributed by atoms with Crippen LogP contribution in [0.5, 0.6) is 0 Å². The first kappa shape index (κ1) is 12.6. The molecule has 0 aromatic carbocycles. The van der Waals surface area contributed by atoms with Gasteiger partial charge in [-0.3, -0.25) is 4.79 Å². The molecule has 2 rings (SSSR count). The second-order valence-corrected chi connectivity index (χ2v) is 4.68. The summed E-state index contributed by atoms with van der Waals surface area (Å²) in [6, 6.07) is 3.98. The highest BCUT2D eigenvalue weighted by atomic mass is 16.2. The molecule has 4 nitrogen and oxygen atoms in total.